The molecule has 122 valence electrons. The summed E-state index contributed by atoms with van der Waals surface area (Å²) in [5.74, 6) is -0.459. The molecule has 0 fully saturated rings. The Morgan fingerprint density at radius 3 is 2.20 bits per heavy atom. The van der Waals surface area contributed by atoms with E-state index in [9.17, 15) is 9.59 Å². The molecule has 0 aromatic heterocycles. The number of hydrogen-bond acceptors (Lipinski definition) is 4. The first-order valence-corrected chi connectivity index (χ1v) is 8.07. The summed E-state index contributed by atoms with van der Waals surface area (Å²) in [6.07, 6.45) is 0. The van der Waals surface area contributed by atoms with E-state index in [1.807, 2.05) is 12.1 Å². The number of fused-ring (bicyclic) bond motifs is 2. The molecule has 0 saturated heterocycles. The Balaban J connectivity index is 1.87. The van der Waals surface area contributed by atoms with Crippen LogP contribution in [0.4, 0.5) is 17.1 Å². The minimum Gasteiger partial charge on any atom is -0.398 e. The van der Waals surface area contributed by atoms with Crippen LogP contribution in [0.5, 0.6) is 0 Å². The van der Waals surface area contributed by atoms with Crippen molar-refractivity contribution < 1.29 is 9.59 Å². The lowest BCUT2D eigenvalue weighted by Crippen LogP contribution is -2.23. The second-order valence-electron chi connectivity index (χ2n) is 5.79. The molecule has 0 heterocycles. The Morgan fingerprint density at radius 2 is 1.44 bits per heavy atom. The number of halogens is 1. The summed E-state index contributed by atoms with van der Waals surface area (Å²) in [5, 5.41) is 3.76. The Hall–Kier alpha value is -3.11. The van der Waals surface area contributed by atoms with E-state index >= 15 is 0 Å². The largest absolute Gasteiger partial charge is 0.398 e. The number of nitrogen functional groups attached to an aromatic ring is 1. The normalized spacial score (nSPS) is 12.5. The number of carbonyl (C=O) groups excluding carboxylic acids is 2. The smallest absolute Gasteiger partial charge is 0.196 e. The van der Waals surface area contributed by atoms with Gasteiger partial charge in [0.2, 0.25) is 0 Å². The molecular weight excluding hydrogens is 336 g/mol. The van der Waals surface area contributed by atoms with E-state index in [2.05, 4.69) is 5.32 Å². The van der Waals surface area contributed by atoms with Crippen molar-refractivity contribution in [2.45, 2.75) is 0 Å². The third-order valence-electron chi connectivity index (χ3n) is 4.21. The zero-order valence-corrected chi connectivity index (χ0v) is 13.8. The Labute approximate surface area is 149 Å². The highest BCUT2D eigenvalue weighted by molar-refractivity contribution is 6.32. The lowest BCUT2D eigenvalue weighted by Gasteiger charge is -2.21. The number of ketones is 2. The van der Waals surface area contributed by atoms with Gasteiger partial charge in [-0.15, -0.1) is 0 Å². The predicted octanol–water partition coefficient (Wildman–Crippen LogP) is 4.44. The second-order valence-corrected chi connectivity index (χ2v) is 6.23. The minimum absolute atomic E-state index is 0.220. The van der Waals surface area contributed by atoms with Crippen LogP contribution < -0.4 is 11.1 Å². The van der Waals surface area contributed by atoms with Crippen LogP contribution in [0.1, 0.15) is 31.8 Å². The molecule has 1 aliphatic carbocycles. The number of benzene rings is 3. The molecule has 0 radical (unpaired) electrons. The molecule has 0 spiro atoms. The highest BCUT2D eigenvalue weighted by Gasteiger charge is 2.32. The summed E-state index contributed by atoms with van der Waals surface area (Å²) in [4.78, 5) is 25.9. The van der Waals surface area contributed by atoms with Crippen LogP contribution in [0.15, 0.2) is 60.7 Å². The molecule has 3 aromatic carbocycles. The van der Waals surface area contributed by atoms with Crippen molar-refractivity contribution in [3.05, 3.63) is 87.9 Å². The zero-order valence-electron chi connectivity index (χ0n) is 13.0. The van der Waals surface area contributed by atoms with Crippen molar-refractivity contribution in [1.29, 1.82) is 0 Å². The molecule has 1 aliphatic rings. The summed E-state index contributed by atoms with van der Waals surface area (Å²) in [5.41, 5.74) is 8.85. The summed E-state index contributed by atoms with van der Waals surface area (Å²) >= 11 is 6.02. The third-order valence-corrected chi connectivity index (χ3v) is 4.44. The highest BCUT2D eigenvalue weighted by Crippen LogP contribution is 2.35. The maximum Gasteiger partial charge on any atom is 0.196 e. The topological polar surface area (TPSA) is 72.2 Å². The van der Waals surface area contributed by atoms with Crippen LogP contribution in [0.25, 0.3) is 0 Å². The SMILES string of the molecule is Nc1cccc2c1C(=O)c1cccc(Nc3cccc(Cl)c3)c1C2=O. The molecule has 0 saturated carbocycles. The van der Waals surface area contributed by atoms with Crippen molar-refractivity contribution in [2.75, 3.05) is 11.1 Å². The summed E-state index contributed by atoms with van der Waals surface area (Å²) < 4.78 is 0. The van der Waals surface area contributed by atoms with Crippen LogP contribution >= 0.6 is 11.6 Å². The van der Waals surface area contributed by atoms with E-state index in [0.29, 0.717) is 33.1 Å². The fraction of sp³-hybridized carbons (Fsp3) is 0. The molecule has 0 bridgehead atoms. The summed E-state index contributed by atoms with van der Waals surface area (Å²) in [6, 6.07) is 17.3. The summed E-state index contributed by atoms with van der Waals surface area (Å²) in [6.45, 7) is 0. The van der Waals surface area contributed by atoms with Gasteiger partial charge >= 0.3 is 0 Å². The van der Waals surface area contributed by atoms with E-state index in [-0.39, 0.29) is 17.1 Å². The first-order valence-electron chi connectivity index (χ1n) is 7.70. The number of anilines is 3. The van der Waals surface area contributed by atoms with Gasteiger partial charge < -0.3 is 11.1 Å². The van der Waals surface area contributed by atoms with Gasteiger partial charge in [-0.3, -0.25) is 9.59 Å². The van der Waals surface area contributed by atoms with Crippen molar-refractivity contribution in [3.63, 3.8) is 0 Å². The quantitative estimate of drug-likeness (QED) is 0.525. The fourth-order valence-corrected chi connectivity index (χ4v) is 3.28. The third kappa shape index (κ3) is 2.47. The van der Waals surface area contributed by atoms with Gasteiger partial charge in [-0.1, -0.05) is 41.9 Å². The van der Waals surface area contributed by atoms with Crippen LogP contribution in [-0.4, -0.2) is 11.6 Å². The number of rotatable bonds is 2. The predicted molar refractivity (Wildman–Crippen MR) is 98.9 cm³/mol. The van der Waals surface area contributed by atoms with Crippen LogP contribution in [0.2, 0.25) is 5.02 Å². The van der Waals surface area contributed by atoms with Gasteiger partial charge in [0.05, 0.1) is 16.8 Å². The number of hydrogen-bond donors (Lipinski definition) is 2. The van der Waals surface area contributed by atoms with Crippen molar-refractivity contribution in [1.82, 2.24) is 0 Å². The van der Waals surface area contributed by atoms with E-state index in [1.54, 1.807) is 48.5 Å². The van der Waals surface area contributed by atoms with Gasteiger partial charge in [-0.2, -0.15) is 0 Å². The van der Waals surface area contributed by atoms with Gasteiger partial charge in [0.25, 0.3) is 0 Å². The zero-order chi connectivity index (χ0) is 17.6. The molecule has 5 heteroatoms. The fourth-order valence-electron chi connectivity index (χ4n) is 3.09. The second kappa shape index (κ2) is 5.76. The van der Waals surface area contributed by atoms with Gasteiger partial charge in [0.15, 0.2) is 11.6 Å². The number of nitrogens with two attached hydrogens (primary N) is 1. The monoisotopic (exact) mass is 348 g/mol. The van der Waals surface area contributed by atoms with E-state index in [4.69, 9.17) is 17.3 Å². The van der Waals surface area contributed by atoms with Gasteiger partial charge in [-0.25, -0.2) is 0 Å². The maximum atomic E-state index is 13.0. The average molecular weight is 349 g/mol. The number of carbonyl (C=O) groups is 2. The molecule has 0 unspecified atom stereocenters. The van der Waals surface area contributed by atoms with E-state index in [0.717, 1.165) is 5.69 Å². The van der Waals surface area contributed by atoms with E-state index < -0.39 is 0 Å². The Kier molecular flexibility index (Phi) is 3.55. The number of nitrogens with one attached hydrogen (secondary N) is 1. The summed E-state index contributed by atoms with van der Waals surface area (Å²) in [7, 11) is 0. The first kappa shape index (κ1) is 15.4. The molecule has 4 rings (SSSR count). The van der Waals surface area contributed by atoms with Crippen LogP contribution in [0, 0.1) is 0 Å². The Morgan fingerprint density at radius 1 is 0.800 bits per heavy atom. The molecule has 4 nitrogen and oxygen atoms in total. The first-order chi connectivity index (χ1) is 12.1. The van der Waals surface area contributed by atoms with Crippen molar-refractivity contribution in [3.8, 4) is 0 Å². The Bertz CT molecular complexity index is 1040. The van der Waals surface area contributed by atoms with Gasteiger partial charge in [-0.05, 0) is 30.3 Å². The molecule has 0 amide bonds. The van der Waals surface area contributed by atoms with Crippen molar-refractivity contribution >= 4 is 40.2 Å². The lowest BCUT2D eigenvalue weighted by molar-refractivity contribution is 0.0980. The van der Waals surface area contributed by atoms with E-state index in [1.165, 1.54) is 0 Å². The molecule has 0 atom stereocenters. The molecule has 3 aromatic rings. The van der Waals surface area contributed by atoms with Crippen LogP contribution in [-0.2, 0) is 0 Å². The maximum absolute atomic E-state index is 13.0. The highest BCUT2D eigenvalue weighted by atomic mass is 35.5. The molecule has 3 N–H and O–H groups in total. The van der Waals surface area contributed by atoms with Gasteiger partial charge in [0, 0.05) is 27.5 Å². The molecule has 25 heavy (non-hydrogen) atoms. The van der Waals surface area contributed by atoms with Gasteiger partial charge in [0.1, 0.15) is 0 Å². The lowest BCUT2D eigenvalue weighted by atomic mass is 9.82. The van der Waals surface area contributed by atoms with Crippen LogP contribution in [0.3, 0.4) is 0 Å². The molecular formula is C20H13ClN2O2. The van der Waals surface area contributed by atoms with Crippen molar-refractivity contribution in [2.24, 2.45) is 0 Å². The average Bonchev–Trinajstić information content (AvgIpc) is 2.59. The molecule has 0 aliphatic heterocycles. The standard InChI is InChI=1S/C20H13ClN2O2/c21-11-4-1-5-12(10-11)23-16-9-3-7-14-18(16)20(25)13-6-2-8-15(22)17(13)19(14)24/h1-10,23H,22H2. The minimum atomic E-state index is -0.238.